The third-order valence-electron chi connectivity index (χ3n) is 18.0. The molecule has 9 N–H and O–H groups in total. The Kier molecular flexibility index (Phi) is 21.3. The van der Waals surface area contributed by atoms with Crippen LogP contribution in [0.25, 0.3) is 78.4 Å². The average molecular weight is 1720 g/mol. The Hall–Kier alpha value is -14.6. The van der Waals surface area contributed by atoms with Crippen LogP contribution in [0.5, 0.6) is 0 Å². The number of para-hydroxylation sites is 6. The molecule has 0 aliphatic rings. The summed E-state index contributed by atoms with van der Waals surface area (Å²) in [7, 11) is -22.3. The SMILES string of the molecule is CC(=O)Nc1ccc(-c2[nH]n3c(nc4ccccc43)c2N=Nc2c(C#N)c(C)nn2-c2cc(S(=O)(=O)O)ccc2S(=O)(=O)O)cc1.CC(C)(C)c1[nH]n2c(nc3ccccc32)c1N=Nc1c(C#N)cnn1-c1ccc(S(=O)(=O)O)cc1.COCc1[nH]n2c(nc3ccccc32)c1N=Nc1c(C#N)c(C)nn1-c1cc(S(=O)(=O)O)ccc1S(=O)(=O)O. The summed E-state index contributed by atoms with van der Waals surface area (Å²) in [6, 6.07) is 45.1. The molecule has 0 unspecified atom stereocenters. The monoisotopic (exact) mass is 1720 g/mol. The van der Waals surface area contributed by atoms with Crippen molar-refractivity contribution in [2.45, 2.75) is 78.0 Å². The summed E-state index contributed by atoms with van der Waals surface area (Å²) < 4.78 is 180. The summed E-state index contributed by atoms with van der Waals surface area (Å²) in [6.45, 7) is 10.5. The van der Waals surface area contributed by atoms with Gasteiger partial charge >= 0.3 is 0 Å². The van der Waals surface area contributed by atoms with Gasteiger partial charge in [-0.1, -0.05) is 69.3 Å². The van der Waals surface area contributed by atoms with Crippen LogP contribution in [0.4, 0.5) is 40.2 Å². The number of nitriles is 3. The van der Waals surface area contributed by atoms with Gasteiger partial charge in [0.1, 0.15) is 44.7 Å². The van der Waals surface area contributed by atoms with Gasteiger partial charge in [-0.25, -0.2) is 42.5 Å². The number of carbonyl (C=O) groups is 1. The molecule has 47 heteroatoms. The summed E-state index contributed by atoms with van der Waals surface area (Å²) in [6.07, 6.45) is 1.35. The lowest BCUT2D eigenvalue weighted by Gasteiger charge is -2.16. The molecule has 0 aliphatic heterocycles. The van der Waals surface area contributed by atoms with Gasteiger partial charge in [0.2, 0.25) is 5.91 Å². The first-order valence-electron chi connectivity index (χ1n) is 34.6. The number of rotatable bonds is 18. The molecule has 16 rings (SSSR count). The Morgan fingerprint density at radius 1 is 0.500 bits per heavy atom. The van der Waals surface area contributed by atoms with E-state index in [1.807, 2.05) is 98.1 Å². The summed E-state index contributed by atoms with van der Waals surface area (Å²) in [4.78, 5) is 22.3. The van der Waals surface area contributed by atoms with Gasteiger partial charge in [0.15, 0.2) is 51.5 Å². The molecule has 0 bridgehead atoms. The van der Waals surface area contributed by atoms with Crippen molar-refractivity contribution < 1.29 is 74.4 Å². The van der Waals surface area contributed by atoms with Gasteiger partial charge < -0.3 is 10.1 Å². The molecule has 0 saturated heterocycles. The maximum absolute atomic E-state index is 12.3. The number of ether oxygens (including phenoxy) is 1. The highest BCUT2D eigenvalue weighted by Gasteiger charge is 2.31. The number of fused-ring (bicyclic) bond motifs is 9. The van der Waals surface area contributed by atoms with E-state index in [2.05, 4.69) is 82.6 Å². The van der Waals surface area contributed by atoms with Crippen molar-refractivity contribution in [3.8, 4) is 46.5 Å². The number of aromatic nitrogens is 15. The van der Waals surface area contributed by atoms with Crippen LogP contribution < -0.4 is 5.32 Å². The molecule has 42 nitrogen and oxygen atoms in total. The van der Waals surface area contributed by atoms with Crippen LogP contribution in [0.3, 0.4) is 0 Å². The van der Waals surface area contributed by atoms with Crippen molar-refractivity contribution in [2.24, 2.45) is 30.7 Å². The largest absolute Gasteiger partial charge is 0.378 e. The van der Waals surface area contributed by atoms with Crippen LogP contribution >= 0.6 is 0 Å². The van der Waals surface area contributed by atoms with E-state index in [1.165, 1.54) is 63.0 Å². The Morgan fingerprint density at radius 2 is 0.925 bits per heavy atom. The lowest BCUT2D eigenvalue weighted by Crippen LogP contribution is -2.12. The molecule has 7 aromatic carbocycles. The second-order valence-corrected chi connectivity index (χ2v) is 34.1. The average Bonchev–Trinajstić information content (AvgIpc) is 1.52. The van der Waals surface area contributed by atoms with E-state index in [4.69, 9.17) is 9.72 Å². The standard InChI is InChI=1S/C28H21N9O7S2.C23H20N8O3S.C22H18N8O7S2/c1-15-20(14-29)27(37(34-15)23-13-19(45(39,40)41)11-12-24(23)46(42,43)44)33-32-26-25(17-7-9-18(10-8-17)30-16(2)38)35-36-22-6-4-3-5-21(22)31-28(26)36;1-23(2,3)20-19(22-26-17-6-4-5-7-18(17)31(22)29-20)27-28-21-14(12-24)13-25-30(21)15-8-10-16(11-9-15)35(32,33)34;1-12-14(10-23)21(30(27-12)18-9-13(38(31,32)33)7-8-19(18)39(34,35)36)26-25-20-16(11-37-2)28-29-17-6-4-3-5-15(17)24-22(20)29/h3-13,35H,1-2H3,(H,30,38)(H,39,40,41)(H,42,43,44);4-11,13,29H,1-3H3,(H,32,33,34);3-9,28H,11H2,1-2H3,(H,31,32,33)(H,34,35,36). The molecule has 0 atom stereocenters. The number of anilines is 1. The van der Waals surface area contributed by atoms with E-state index in [1.54, 1.807) is 45.4 Å². The molecule has 0 radical (unpaired) electrons. The van der Waals surface area contributed by atoms with Crippen molar-refractivity contribution in [3.05, 3.63) is 203 Å². The second kappa shape index (κ2) is 31.1. The predicted octanol–water partition coefficient (Wildman–Crippen LogP) is 12.8. The molecular formula is C73H59N25O17S5. The fourth-order valence-electron chi connectivity index (χ4n) is 12.6. The number of carbonyl (C=O) groups excluding carboxylic acids is 1. The topological polar surface area (TPSA) is 608 Å². The maximum atomic E-state index is 12.3. The number of amides is 1. The molecule has 16 aromatic rings. The zero-order chi connectivity index (χ0) is 86.0. The highest BCUT2D eigenvalue weighted by Crippen LogP contribution is 2.42. The molecular weight excluding hydrogens is 1660 g/mol. The van der Waals surface area contributed by atoms with Crippen LogP contribution in [-0.4, -0.2) is 151 Å². The first-order chi connectivity index (χ1) is 56.8. The van der Waals surface area contributed by atoms with Crippen molar-refractivity contribution in [2.75, 3.05) is 12.4 Å². The van der Waals surface area contributed by atoms with Gasteiger partial charge in [-0.2, -0.15) is 73.2 Å². The second-order valence-electron chi connectivity index (χ2n) is 27.1. The van der Waals surface area contributed by atoms with E-state index < -0.39 is 81.5 Å². The number of methoxy groups -OCH3 is 1. The number of imidazole rings is 3. The van der Waals surface area contributed by atoms with Gasteiger partial charge in [-0.05, 0) is 123 Å². The van der Waals surface area contributed by atoms with Crippen LogP contribution in [0, 0.1) is 47.8 Å². The van der Waals surface area contributed by atoms with E-state index in [0.717, 1.165) is 68.0 Å². The summed E-state index contributed by atoms with van der Waals surface area (Å²) in [5, 5.41) is 80.4. The minimum atomic E-state index is -4.96. The minimum absolute atomic E-state index is 0.0783. The first-order valence-corrected chi connectivity index (χ1v) is 41.8. The number of aryl methyl sites for hydroxylation is 2. The maximum Gasteiger partial charge on any atom is 0.296 e. The molecule has 0 aliphatic carbocycles. The summed E-state index contributed by atoms with van der Waals surface area (Å²) in [5.74, 6) is -0.653. The van der Waals surface area contributed by atoms with Crippen LogP contribution in [-0.2, 0) is 72.1 Å². The smallest absolute Gasteiger partial charge is 0.296 e. The quantitative estimate of drug-likeness (QED) is 0.0284. The normalized spacial score (nSPS) is 12.5. The number of aromatic amines is 3. The third-order valence-corrected chi connectivity index (χ3v) is 22.4. The zero-order valence-electron chi connectivity index (χ0n) is 62.9. The number of nitrogens with one attached hydrogen (secondary N) is 4. The molecule has 9 aromatic heterocycles. The van der Waals surface area contributed by atoms with Crippen molar-refractivity contribution in [3.63, 3.8) is 0 Å². The highest BCUT2D eigenvalue weighted by atomic mass is 32.2. The first kappa shape index (κ1) is 82.0. The molecule has 9 heterocycles. The zero-order valence-corrected chi connectivity index (χ0v) is 66.9. The number of benzene rings is 7. The Balaban J connectivity index is 0.000000149. The number of azo groups is 3. The van der Waals surface area contributed by atoms with E-state index in [0.29, 0.717) is 67.5 Å². The number of H-pyrrole nitrogens is 3. The Morgan fingerprint density at radius 3 is 1.37 bits per heavy atom. The molecule has 608 valence electrons. The molecule has 120 heavy (non-hydrogen) atoms. The Bertz CT molecular complexity index is 7770. The van der Waals surface area contributed by atoms with Gasteiger partial charge in [-0.3, -0.25) is 42.9 Å². The van der Waals surface area contributed by atoms with Gasteiger partial charge in [0.25, 0.3) is 50.6 Å². The number of nitrogens with zero attached hydrogens (tertiary/aromatic N) is 21. The van der Waals surface area contributed by atoms with Gasteiger partial charge in [0, 0.05) is 30.7 Å². The van der Waals surface area contributed by atoms with Crippen LogP contribution in [0.1, 0.15) is 67.2 Å². The molecule has 0 saturated carbocycles. The van der Waals surface area contributed by atoms with E-state index in [-0.39, 0.29) is 79.7 Å². The minimum Gasteiger partial charge on any atom is -0.378 e. The third kappa shape index (κ3) is 15.9. The Labute approximate surface area is 677 Å². The molecule has 0 spiro atoms. The highest BCUT2D eigenvalue weighted by molar-refractivity contribution is 7.87. The van der Waals surface area contributed by atoms with E-state index >= 15 is 0 Å². The fraction of sp³-hybridized carbons (Fsp3) is 0.123. The fourth-order valence-corrected chi connectivity index (χ4v) is 15.4. The number of hydrogen-bond donors (Lipinski definition) is 9. The van der Waals surface area contributed by atoms with Gasteiger partial charge in [0.05, 0.1) is 106 Å². The predicted molar refractivity (Wildman–Crippen MR) is 426 cm³/mol. The number of hydrogen-bond acceptors (Lipinski definition) is 27. The lowest BCUT2D eigenvalue weighted by atomic mass is 9.91. The van der Waals surface area contributed by atoms with Crippen molar-refractivity contribution in [1.82, 2.24) is 73.1 Å². The molecule has 1 amide bonds. The van der Waals surface area contributed by atoms with Crippen LogP contribution in [0.15, 0.2) is 219 Å². The van der Waals surface area contributed by atoms with E-state index in [9.17, 15) is 85.4 Å². The van der Waals surface area contributed by atoms with Gasteiger partial charge in [-0.15, -0.1) is 30.7 Å². The van der Waals surface area contributed by atoms with Crippen molar-refractivity contribution in [1.29, 1.82) is 15.8 Å². The molecule has 0 fully saturated rings. The van der Waals surface area contributed by atoms with Crippen molar-refractivity contribution >= 4 is 147 Å². The van der Waals surface area contributed by atoms with Crippen LogP contribution in [0.2, 0.25) is 0 Å². The summed E-state index contributed by atoms with van der Waals surface area (Å²) in [5.41, 5.74) is 8.99. The lowest BCUT2D eigenvalue weighted by molar-refractivity contribution is -0.114. The summed E-state index contributed by atoms with van der Waals surface area (Å²) >= 11 is 0.